The van der Waals surface area contributed by atoms with Crippen molar-refractivity contribution in [2.45, 2.75) is 18.1 Å². The lowest BCUT2D eigenvalue weighted by molar-refractivity contribution is -0.129. The van der Waals surface area contributed by atoms with E-state index in [1.54, 1.807) is 29.2 Å². The third-order valence-electron chi connectivity index (χ3n) is 5.04. The molecule has 8 heteroatoms. The van der Waals surface area contributed by atoms with Gasteiger partial charge >= 0.3 is 0 Å². The lowest BCUT2D eigenvalue weighted by Gasteiger charge is -2.32. The molecule has 1 atom stereocenters. The topological polar surface area (TPSA) is 61.8 Å². The number of rotatable bonds is 6. The molecule has 33 heavy (non-hydrogen) atoms. The normalized spacial score (nSPS) is 17.3. The molecule has 4 rings (SSSR count). The summed E-state index contributed by atoms with van der Waals surface area (Å²) in [5, 5.41) is 3.45. The number of hydrogen-bond acceptors (Lipinski definition) is 4. The molecule has 5 nitrogen and oxygen atoms in total. The lowest BCUT2D eigenvalue weighted by Crippen LogP contribution is -2.46. The smallest absolute Gasteiger partial charge is 0.238 e. The number of amidine groups is 1. The predicted octanol–water partition coefficient (Wildman–Crippen LogP) is 6.31. The highest BCUT2D eigenvalue weighted by atomic mass is 79.9. The molecule has 0 aliphatic carbocycles. The first-order valence-corrected chi connectivity index (χ1v) is 12.4. The van der Waals surface area contributed by atoms with Gasteiger partial charge in [0, 0.05) is 28.1 Å². The van der Waals surface area contributed by atoms with Gasteiger partial charge in [-0.2, -0.15) is 0 Å². The largest absolute Gasteiger partial charge is 0.325 e. The van der Waals surface area contributed by atoms with Gasteiger partial charge in [-0.15, -0.1) is 0 Å². The van der Waals surface area contributed by atoms with Gasteiger partial charge in [-0.05, 0) is 54.4 Å². The van der Waals surface area contributed by atoms with Crippen molar-refractivity contribution >= 4 is 67.6 Å². The van der Waals surface area contributed by atoms with E-state index in [0.29, 0.717) is 34.5 Å². The van der Waals surface area contributed by atoms with E-state index in [9.17, 15) is 9.59 Å². The van der Waals surface area contributed by atoms with E-state index in [-0.39, 0.29) is 18.2 Å². The Balaban J connectivity index is 1.55. The SMILES string of the molecule is O=C(Nc1cccc(Br)c1)C1CC(=O)N(CCc2ccccc2)C(=Nc2ccc(Cl)cc2)S1. The standard InChI is InChI=1S/C25H21BrClN3O2S/c26-18-7-4-8-21(15-18)28-24(32)22-16-23(31)30(14-13-17-5-2-1-3-6-17)25(33-22)29-20-11-9-19(27)10-12-20/h1-12,15,22H,13-14,16H2,(H,28,32). The average molecular weight is 543 g/mol. The van der Waals surface area contributed by atoms with Crippen LogP contribution in [0.3, 0.4) is 0 Å². The van der Waals surface area contributed by atoms with Crippen molar-refractivity contribution in [3.8, 4) is 0 Å². The van der Waals surface area contributed by atoms with Gasteiger partial charge in [0.2, 0.25) is 11.8 Å². The molecule has 2 amide bonds. The summed E-state index contributed by atoms with van der Waals surface area (Å²) >= 11 is 10.7. The highest BCUT2D eigenvalue weighted by Crippen LogP contribution is 2.30. The van der Waals surface area contributed by atoms with Crippen molar-refractivity contribution in [3.63, 3.8) is 0 Å². The fourth-order valence-electron chi connectivity index (χ4n) is 3.36. The van der Waals surface area contributed by atoms with Gasteiger partial charge in [-0.3, -0.25) is 14.5 Å². The Hall–Kier alpha value is -2.61. The van der Waals surface area contributed by atoms with Gasteiger partial charge in [-0.1, -0.05) is 75.7 Å². The Morgan fingerprint density at radius 1 is 1.09 bits per heavy atom. The van der Waals surface area contributed by atoms with E-state index in [1.807, 2.05) is 54.6 Å². The maximum absolute atomic E-state index is 13.1. The summed E-state index contributed by atoms with van der Waals surface area (Å²) in [5.41, 5.74) is 2.48. The van der Waals surface area contributed by atoms with Crippen molar-refractivity contribution in [1.29, 1.82) is 0 Å². The Kier molecular flexibility index (Phi) is 7.85. The number of thioether (sulfide) groups is 1. The van der Waals surface area contributed by atoms with Crippen LogP contribution in [-0.4, -0.2) is 33.7 Å². The summed E-state index contributed by atoms with van der Waals surface area (Å²) in [7, 11) is 0. The van der Waals surface area contributed by atoms with Gasteiger partial charge in [0.05, 0.1) is 5.69 Å². The maximum atomic E-state index is 13.1. The summed E-state index contributed by atoms with van der Waals surface area (Å²) in [6, 6.07) is 24.4. The van der Waals surface area contributed by atoms with E-state index in [0.717, 1.165) is 10.0 Å². The highest BCUT2D eigenvalue weighted by Gasteiger charge is 2.35. The molecule has 1 unspecified atom stereocenters. The predicted molar refractivity (Wildman–Crippen MR) is 139 cm³/mol. The number of carbonyl (C=O) groups is 2. The summed E-state index contributed by atoms with van der Waals surface area (Å²) in [6.07, 6.45) is 0.806. The molecular weight excluding hydrogens is 522 g/mol. The van der Waals surface area contributed by atoms with Crippen LogP contribution >= 0.6 is 39.3 Å². The number of halogens is 2. The zero-order chi connectivity index (χ0) is 23.2. The first-order chi connectivity index (χ1) is 16.0. The minimum absolute atomic E-state index is 0.110. The number of hydrogen-bond donors (Lipinski definition) is 1. The van der Waals surface area contributed by atoms with Crippen LogP contribution in [0.2, 0.25) is 5.02 Å². The molecule has 3 aromatic rings. The van der Waals surface area contributed by atoms with E-state index in [4.69, 9.17) is 16.6 Å². The molecule has 1 fully saturated rings. The molecule has 1 saturated heterocycles. The van der Waals surface area contributed by atoms with Gasteiger partial charge < -0.3 is 5.32 Å². The minimum atomic E-state index is -0.574. The number of amides is 2. The Morgan fingerprint density at radius 3 is 2.58 bits per heavy atom. The van der Waals surface area contributed by atoms with E-state index < -0.39 is 5.25 Å². The van der Waals surface area contributed by atoms with Crippen LogP contribution in [0.5, 0.6) is 0 Å². The molecule has 1 aliphatic rings. The molecule has 0 saturated carbocycles. The van der Waals surface area contributed by atoms with Crippen LogP contribution < -0.4 is 5.32 Å². The van der Waals surface area contributed by atoms with Crippen LogP contribution in [0.4, 0.5) is 11.4 Å². The lowest BCUT2D eigenvalue weighted by atomic mass is 10.1. The number of carbonyl (C=O) groups excluding carboxylic acids is 2. The molecule has 1 heterocycles. The molecule has 0 bridgehead atoms. The molecule has 0 radical (unpaired) electrons. The zero-order valence-corrected chi connectivity index (χ0v) is 20.7. The van der Waals surface area contributed by atoms with Crippen LogP contribution in [0, 0.1) is 0 Å². The fraction of sp³-hybridized carbons (Fsp3) is 0.160. The van der Waals surface area contributed by atoms with E-state index in [1.165, 1.54) is 11.8 Å². The second kappa shape index (κ2) is 11.0. The molecule has 168 valence electrons. The average Bonchev–Trinajstić information content (AvgIpc) is 2.80. The Bertz CT molecular complexity index is 1170. The molecule has 1 N–H and O–H groups in total. The number of nitrogens with one attached hydrogen (secondary N) is 1. The number of anilines is 1. The first-order valence-electron chi connectivity index (χ1n) is 10.4. The van der Waals surface area contributed by atoms with Gasteiger partial charge in [0.1, 0.15) is 5.25 Å². The maximum Gasteiger partial charge on any atom is 0.238 e. The molecule has 0 aromatic heterocycles. The van der Waals surface area contributed by atoms with E-state index in [2.05, 4.69) is 21.2 Å². The van der Waals surface area contributed by atoms with Crippen molar-refractivity contribution in [2.24, 2.45) is 4.99 Å². The minimum Gasteiger partial charge on any atom is -0.325 e. The van der Waals surface area contributed by atoms with Crippen LogP contribution in [-0.2, 0) is 16.0 Å². The summed E-state index contributed by atoms with van der Waals surface area (Å²) in [4.78, 5) is 32.4. The van der Waals surface area contributed by atoms with Crippen molar-refractivity contribution < 1.29 is 9.59 Å². The third kappa shape index (κ3) is 6.47. The van der Waals surface area contributed by atoms with Gasteiger partial charge in [0.15, 0.2) is 5.17 Å². The quantitative estimate of drug-likeness (QED) is 0.397. The molecule has 0 spiro atoms. The van der Waals surface area contributed by atoms with Crippen molar-refractivity contribution in [1.82, 2.24) is 4.90 Å². The summed E-state index contributed by atoms with van der Waals surface area (Å²) < 4.78 is 0.866. The number of benzene rings is 3. The van der Waals surface area contributed by atoms with E-state index >= 15 is 0 Å². The van der Waals surface area contributed by atoms with Crippen LogP contribution in [0.1, 0.15) is 12.0 Å². The Labute approximate surface area is 210 Å². The Morgan fingerprint density at radius 2 is 1.85 bits per heavy atom. The second-order valence-corrected chi connectivity index (χ2v) is 9.98. The van der Waals surface area contributed by atoms with Crippen LogP contribution in [0.25, 0.3) is 0 Å². The molecular formula is C25H21BrClN3O2S. The third-order valence-corrected chi connectivity index (χ3v) is 6.98. The molecule has 1 aliphatic heterocycles. The van der Waals surface area contributed by atoms with Crippen LogP contribution in [0.15, 0.2) is 88.3 Å². The summed E-state index contributed by atoms with van der Waals surface area (Å²) in [6.45, 7) is 0.488. The number of nitrogens with zero attached hydrogens (tertiary/aromatic N) is 2. The van der Waals surface area contributed by atoms with Crippen molar-refractivity contribution in [2.75, 3.05) is 11.9 Å². The summed E-state index contributed by atoms with van der Waals surface area (Å²) in [5.74, 6) is -0.343. The first kappa shape index (κ1) is 23.5. The monoisotopic (exact) mass is 541 g/mol. The highest BCUT2D eigenvalue weighted by molar-refractivity contribution is 9.10. The zero-order valence-electron chi connectivity index (χ0n) is 17.6. The van der Waals surface area contributed by atoms with Crippen molar-refractivity contribution in [3.05, 3.63) is 93.9 Å². The number of aliphatic imine (C=N–C) groups is 1. The van der Waals surface area contributed by atoms with Gasteiger partial charge in [0.25, 0.3) is 0 Å². The van der Waals surface area contributed by atoms with Gasteiger partial charge in [-0.25, -0.2) is 4.99 Å². The fourth-order valence-corrected chi connectivity index (χ4v) is 5.01. The molecule has 3 aromatic carbocycles. The second-order valence-electron chi connectivity index (χ2n) is 7.46.